The SMILES string of the molecule is CC(C)(C)c1ccc(N2CCC(C(N)=O)CC2)nn1. The number of rotatable bonds is 2. The van der Waals surface area contributed by atoms with Gasteiger partial charge in [-0.2, -0.15) is 5.10 Å². The number of anilines is 1. The summed E-state index contributed by atoms with van der Waals surface area (Å²) in [6.07, 6.45) is 1.61. The van der Waals surface area contributed by atoms with Crippen LogP contribution < -0.4 is 10.6 Å². The lowest BCUT2D eigenvalue weighted by Crippen LogP contribution is -2.39. The Hall–Kier alpha value is -1.65. The Morgan fingerprint density at radius 2 is 1.89 bits per heavy atom. The third kappa shape index (κ3) is 3.22. The van der Waals surface area contributed by atoms with Crippen LogP contribution in [0.2, 0.25) is 0 Å². The van der Waals surface area contributed by atoms with Crippen molar-refractivity contribution in [1.82, 2.24) is 10.2 Å². The number of primary amides is 1. The van der Waals surface area contributed by atoms with Crippen LogP contribution in [0.25, 0.3) is 0 Å². The summed E-state index contributed by atoms with van der Waals surface area (Å²) in [5.41, 5.74) is 6.34. The maximum atomic E-state index is 11.1. The Kier molecular flexibility index (Phi) is 3.73. The van der Waals surface area contributed by atoms with E-state index in [1.165, 1.54) is 0 Å². The fourth-order valence-corrected chi connectivity index (χ4v) is 2.29. The van der Waals surface area contributed by atoms with Gasteiger partial charge in [0.15, 0.2) is 5.82 Å². The number of carbonyl (C=O) groups is 1. The molecule has 1 aromatic rings. The van der Waals surface area contributed by atoms with Crippen LogP contribution in [0.3, 0.4) is 0 Å². The Morgan fingerprint density at radius 1 is 1.26 bits per heavy atom. The number of piperidine rings is 1. The van der Waals surface area contributed by atoms with Crippen molar-refractivity contribution >= 4 is 11.7 Å². The first-order valence-corrected chi connectivity index (χ1v) is 6.76. The van der Waals surface area contributed by atoms with Gasteiger partial charge in [0, 0.05) is 24.4 Å². The predicted molar refractivity (Wildman–Crippen MR) is 74.9 cm³/mol. The monoisotopic (exact) mass is 262 g/mol. The third-order valence-electron chi connectivity index (χ3n) is 3.64. The highest BCUT2D eigenvalue weighted by Crippen LogP contribution is 2.23. The number of nitrogens with zero attached hydrogens (tertiary/aromatic N) is 3. The molecule has 1 fully saturated rings. The molecule has 0 unspecified atom stereocenters. The van der Waals surface area contributed by atoms with E-state index in [4.69, 9.17) is 5.73 Å². The van der Waals surface area contributed by atoms with Crippen LogP contribution >= 0.6 is 0 Å². The molecule has 1 saturated heterocycles. The molecule has 1 amide bonds. The van der Waals surface area contributed by atoms with Gasteiger partial charge in [-0.05, 0) is 25.0 Å². The maximum absolute atomic E-state index is 11.1. The van der Waals surface area contributed by atoms with E-state index in [1.54, 1.807) is 0 Å². The lowest BCUT2D eigenvalue weighted by atomic mass is 9.92. The quantitative estimate of drug-likeness (QED) is 0.876. The predicted octanol–water partition coefficient (Wildman–Crippen LogP) is 1.48. The molecule has 0 aliphatic carbocycles. The molecule has 0 radical (unpaired) electrons. The molecular weight excluding hydrogens is 240 g/mol. The Morgan fingerprint density at radius 3 is 2.32 bits per heavy atom. The number of amides is 1. The number of carbonyl (C=O) groups excluding carboxylic acids is 1. The zero-order valence-corrected chi connectivity index (χ0v) is 11.9. The molecule has 104 valence electrons. The van der Waals surface area contributed by atoms with Gasteiger partial charge in [0.25, 0.3) is 0 Å². The molecule has 2 rings (SSSR count). The van der Waals surface area contributed by atoms with E-state index in [-0.39, 0.29) is 17.2 Å². The molecular formula is C14H22N4O. The maximum Gasteiger partial charge on any atom is 0.220 e. The van der Waals surface area contributed by atoms with Gasteiger partial charge in [-0.15, -0.1) is 5.10 Å². The number of nitrogens with two attached hydrogens (primary N) is 1. The molecule has 2 heterocycles. The van der Waals surface area contributed by atoms with Crippen molar-refractivity contribution in [1.29, 1.82) is 0 Å². The largest absolute Gasteiger partial charge is 0.369 e. The van der Waals surface area contributed by atoms with Crippen molar-refractivity contribution in [3.8, 4) is 0 Å². The highest BCUT2D eigenvalue weighted by atomic mass is 16.1. The van der Waals surface area contributed by atoms with Gasteiger partial charge in [0.05, 0.1) is 5.69 Å². The fraction of sp³-hybridized carbons (Fsp3) is 0.643. The van der Waals surface area contributed by atoms with Crippen molar-refractivity contribution in [2.45, 2.75) is 39.0 Å². The Bertz CT molecular complexity index is 442. The van der Waals surface area contributed by atoms with Gasteiger partial charge in [-0.1, -0.05) is 20.8 Å². The van der Waals surface area contributed by atoms with Crippen LogP contribution in [0.1, 0.15) is 39.3 Å². The van der Waals surface area contributed by atoms with Gasteiger partial charge >= 0.3 is 0 Å². The highest BCUT2D eigenvalue weighted by Gasteiger charge is 2.24. The first-order valence-electron chi connectivity index (χ1n) is 6.76. The summed E-state index contributed by atoms with van der Waals surface area (Å²) >= 11 is 0. The van der Waals surface area contributed by atoms with Crippen LogP contribution in [0, 0.1) is 5.92 Å². The molecule has 0 aromatic carbocycles. The molecule has 1 aromatic heterocycles. The van der Waals surface area contributed by atoms with E-state index in [1.807, 2.05) is 12.1 Å². The summed E-state index contributed by atoms with van der Waals surface area (Å²) in [5, 5.41) is 8.59. The summed E-state index contributed by atoms with van der Waals surface area (Å²) in [4.78, 5) is 13.3. The highest BCUT2D eigenvalue weighted by molar-refractivity contribution is 5.76. The first-order chi connectivity index (χ1) is 8.88. The van der Waals surface area contributed by atoms with Crippen LogP contribution in [-0.4, -0.2) is 29.2 Å². The zero-order chi connectivity index (χ0) is 14.0. The third-order valence-corrected chi connectivity index (χ3v) is 3.64. The molecule has 0 saturated carbocycles. The minimum absolute atomic E-state index is 0.0121. The average Bonchev–Trinajstić information content (AvgIpc) is 2.38. The van der Waals surface area contributed by atoms with Crippen LogP contribution in [-0.2, 0) is 10.2 Å². The Labute approximate surface area is 114 Å². The molecule has 0 spiro atoms. The van der Waals surface area contributed by atoms with Crippen LogP contribution in [0.5, 0.6) is 0 Å². The zero-order valence-electron chi connectivity index (χ0n) is 11.9. The normalized spacial score (nSPS) is 17.5. The molecule has 5 heteroatoms. The topological polar surface area (TPSA) is 72.1 Å². The van der Waals surface area contributed by atoms with E-state index in [0.717, 1.165) is 37.4 Å². The number of hydrogen-bond acceptors (Lipinski definition) is 4. The van der Waals surface area contributed by atoms with E-state index < -0.39 is 0 Å². The van der Waals surface area contributed by atoms with Gasteiger partial charge in [0.2, 0.25) is 5.91 Å². The van der Waals surface area contributed by atoms with Crippen LogP contribution in [0.15, 0.2) is 12.1 Å². The smallest absolute Gasteiger partial charge is 0.220 e. The first kappa shape index (κ1) is 13.8. The van der Waals surface area contributed by atoms with Gasteiger partial charge < -0.3 is 10.6 Å². The van der Waals surface area contributed by atoms with Gasteiger partial charge in [-0.25, -0.2) is 0 Å². The minimum atomic E-state index is -0.186. The summed E-state index contributed by atoms with van der Waals surface area (Å²) in [6, 6.07) is 4.04. The summed E-state index contributed by atoms with van der Waals surface area (Å²) in [6.45, 7) is 7.99. The standard InChI is InChI=1S/C14H22N4O/c1-14(2,3)11-4-5-12(17-16-11)18-8-6-10(7-9-18)13(15)19/h4-5,10H,6-9H2,1-3H3,(H2,15,19). The summed E-state index contributed by atoms with van der Waals surface area (Å²) in [5.74, 6) is 0.711. The number of aromatic nitrogens is 2. The average molecular weight is 262 g/mol. The molecule has 2 N–H and O–H groups in total. The fourth-order valence-electron chi connectivity index (χ4n) is 2.29. The second-order valence-corrected chi connectivity index (χ2v) is 6.19. The van der Waals surface area contributed by atoms with Crippen molar-refractivity contribution in [2.75, 3.05) is 18.0 Å². The van der Waals surface area contributed by atoms with Crippen molar-refractivity contribution in [3.63, 3.8) is 0 Å². The molecule has 5 nitrogen and oxygen atoms in total. The van der Waals surface area contributed by atoms with E-state index >= 15 is 0 Å². The molecule has 1 aliphatic rings. The Balaban J connectivity index is 2.02. The van der Waals surface area contributed by atoms with Gasteiger partial charge in [-0.3, -0.25) is 4.79 Å². The van der Waals surface area contributed by atoms with E-state index in [0.29, 0.717) is 0 Å². The summed E-state index contributed by atoms with van der Waals surface area (Å²) < 4.78 is 0. The number of hydrogen-bond donors (Lipinski definition) is 1. The van der Waals surface area contributed by atoms with Gasteiger partial charge in [0.1, 0.15) is 0 Å². The molecule has 19 heavy (non-hydrogen) atoms. The van der Waals surface area contributed by atoms with Crippen LogP contribution in [0.4, 0.5) is 5.82 Å². The van der Waals surface area contributed by atoms with E-state index in [2.05, 4.69) is 35.9 Å². The van der Waals surface area contributed by atoms with E-state index in [9.17, 15) is 4.79 Å². The second-order valence-electron chi connectivity index (χ2n) is 6.19. The van der Waals surface area contributed by atoms with Crippen molar-refractivity contribution in [2.24, 2.45) is 11.7 Å². The minimum Gasteiger partial charge on any atom is -0.369 e. The lowest BCUT2D eigenvalue weighted by Gasteiger charge is -2.31. The van der Waals surface area contributed by atoms with Crippen molar-refractivity contribution in [3.05, 3.63) is 17.8 Å². The molecule has 1 aliphatic heterocycles. The lowest BCUT2D eigenvalue weighted by molar-refractivity contribution is -0.122. The summed E-state index contributed by atoms with van der Waals surface area (Å²) in [7, 11) is 0. The second kappa shape index (κ2) is 5.15. The van der Waals surface area contributed by atoms with Crippen molar-refractivity contribution < 1.29 is 4.79 Å². The molecule has 0 atom stereocenters. The molecule has 0 bridgehead atoms.